The van der Waals surface area contributed by atoms with Crippen molar-refractivity contribution < 1.29 is 35.5 Å². The third kappa shape index (κ3) is 8.39. The predicted octanol–water partition coefficient (Wildman–Crippen LogP) is 5.62. The topological polar surface area (TPSA) is 117 Å². The number of sulfonamides is 1. The van der Waals surface area contributed by atoms with Crippen LogP contribution in [0.4, 0.5) is 40.7 Å². The van der Waals surface area contributed by atoms with Crippen LogP contribution in [0.5, 0.6) is 5.75 Å². The summed E-state index contributed by atoms with van der Waals surface area (Å²) in [5, 5.41) is 5.34. The number of nitrogens with one attached hydrogen (secondary N) is 2. The normalized spacial score (nSPS) is 14.7. The van der Waals surface area contributed by atoms with Gasteiger partial charge in [-0.3, -0.25) is 9.10 Å². The van der Waals surface area contributed by atoms with E-state index in [1.807, 2.05) is 7.05 Å². The fourth-order valence-corrected chi connectivity index (χ4v) is 5.58. The van der Waals surface area contributed by atoms with Gasteiger partial charge in [-0.05, 0) is 69.1 Å². The zero-order valence-electron chi connectivity index (χ0n) is 25.6. The monoisotopic (exact) mass is 652 g/mol. The van der Waals surface area contributed by atoms with Gasteiger partial charge in [0.05, 0.1) is 30.3 Å². The van der Waals surface area contributed by atoms with Crippen molar-refractivity contribution in [3.63, 3.8) is 0 Å². The van der Waals surface area contributed by atoms with Crippen LogP contribution in [0.2, 0.25) is 0 Å². The van der Waals surface area contributed by atoms with Crippen molar-refractivity contribution in [1.29, 1.82) is 0 Å². The Kier molecular flexibility index (Phi) is 10.2. The molecule has 0 unspecified atom stereocenters. The number of benzene rings is 2. The number of hydrogen-bond donors (Lipinski definition) is 2. The van der Waals surface area contributed by atoms with Crippen LogP contribution >= 0.6 is 0 Å². The Morgan fingerprint density at radius 3 is 2.49 bits per heavy atom. The largest absolute Gasteiger partial charge is 0.495 e. The lowest BCUT2D eigenvalue weighted by Gasteiger charge is -2.28. The zero-order chi connectivity index (χ0) is 33.1. The summed E-state index contributed by atoms with van der Waals surface area (Å²) in [6.07, 6.45) is -1.35. The molecule has 15 heteroatoms. The minimum atomic E-state index is -4.82. The number of carbonyl (C=O) groups excluding carboxylic acids is 1. The first-order chi connectivity index (χ1) is 21.1. The standard InChI is InChI=1S/C30H36F4N6O4S/c1-18-6-7-20(25(12-18)40(3)45(5,42)43)16-35-28-22(30(32,33)34)17-36-29(38-28)37-24-15-23(31)21(14-27(24)44-4)26(41)13-19-8-10-39(2)11-9-19/h6-7,12,14-15,17,19H,8-11,13,16H2,1-5H3,(H2,35,36,37,38). The van der Waals surface area contributed by atoms with Crippen molar-refractivity contribution in [1.82, 2.24) is 14.9 Å². The van der Waals surface area contributed by atoms with Gasteiger partial charge in [-0.25, -0.2) is 17.8 Å². The number of piperidine rings is 1. The summed E-state index contributed by atoms with van der Waals surface area (Å²) in [4.78, 5) is 22.9. The Morgan fingerprint density at radius 2 is 1.87 bits per heavy atom. The molecule has 4 rings (SSSR count). The number of aromatic nitrogens is 2. The quantitative estimate of drug-likeness (QED) is 0.201. The van der Waals surface area contributed by atoms with E-state index in [0.717, 1.165) is 48.1 Å². The number of hydrogen-bond acceptors (Lipinski definition) is 9. The summed E-state index contributed by atoms with van der Waals surface area (Å²) < 4.78 is 87.6. The maximum absolute atomic E-state index is 15.2. The zero-order valence-corrected chi connectivity index (χ0v) is 26.4. The summed E-state index contributed by atoms with van der Waals surface area (Å²) in [6.45, 7) is 3.28. The number of nitrogens with zero attached hydrogens (tertiary/aromatic N) is 4. The first-order valence-electron chi connectivity index (χ1n) is 14.1. The van der Waals surface area contributed by atoms with Crippen molar-refractivity contribution in [2.24, 2.45) is 5.92 Å². The van der Waals surface area contributed by atoms with Gasteiger partial charge in [-0.1, -0.05) is 12.1 Å². The molecule has 45 heavy (non-hydrogen) atoms. The summed E-state index contributed by atoms with van der Waals surface area (Å²) in [6, 6.07) is 7.20. The first kappa shape index (κ1) is 33.9. The molecule has 0 spiro atoms. The predicted molar refractivity (Wildman–Crippen MR) is 164 cm³/mol. The molecule has 0 atom stereocenters. The number of rotatable bonds is 11. The maximum atomic E-state index is 15.2. The van der Waals surface area contributed by atoms with Gasteiger partial charge >= 0.3 is 6.18 Å². The van der Waals surface area contributed by atoms with Gasteiger partial charge in [0.1, 0.15) is 22.9 Å². The summed E-state index contributed by atoms with van der Waals surface area (Å²) in [5.74, 6) is -1.84. The number of carbonyl (C=O) groups is 1. The Balaban J connectivity index is 1.60. The molecule has 2 N–H and O–H groups in total. The lowest BCUT2D eigenvalue weighted by atomic mass is 9.90. The minimum Gasteiger partial charge on any atom is -0.495 e. The van der Waals surface area contributed by atoms with Crippen molar-refractivity contribution >= 4 is 38.9 Å². The van der Waals surface area contributed by atoms with Gasteiger partial charge in [0, 0.05) is 32.3 Å². The van der Waals surface area contributed by atoms with Crippen LogP contribution in [0.25, 0.3) is 0 Å². The number of ether oxygens (including phenoxy) is 1. The van der Waals surface area contributed by atoms with E-state index < -0.39 is 33.4 Å². The van der Waals surface area contributed by atoms with E-state index >= 15 is 4.39 Å². The number of ketones is 1. The molecule has 2 aromatic carbocycles. The molecule has 0 bridgehead atoms. The lowest BCUT2D eigenvalue weighted by molar-refractivity contribution is -0.137. The summed E-state index contributed by atoms with van der Waals surface area (Å²) in [7, 11) is 1.02. The van der Waals surface area contributed by atoms with Crippen molar-refractivity contribution in [2.75, 3.05) is 55.5 Å². The molecular weight excluding hydrogens is 616 g/mol. The highest BCUT2D eigenvalue weighted by Gasteiger charge is 2.35. The molecule has 0 aliphatic carbocycles. The molecule has 10 nitrogen and oxygen atoms in total. The second-order valence-electron chi connectivity index (χ2n) is 11.2. The van der Waals surface area contributed by atoms with E-state index in [2.05, 4.69) is 25.5 Å². The van der Waals surface area contributed by atoms with Crippen molar-refractivity contribution in [3.05, 3.63) is 64.6 Å². The van der Waals surface area contributed by atoms with E-state index in [4.69, 9.17) is 4.74 Å². The second-order valence-corrected chi connectivity index (χ2v) is 13.2. The highest BCUT2D eigenvalue weighted by atomic mass is 32.2. The van der Waals surface area contributed by atoms with Crippen LogP contribution < -0.4 is 19.7 Å². The first-order valence-corrected chi connectivity index (χ1v) is 16.0. The average Bonchev–Trinajstić information content (AvgIpc) is 2.96. The Labute approximate surface area is 259 Å². The van der Waals surface area contributed by atoms with E-state index in [0.29, 0.717) is 11.8 Å². The third-order valence-electron chi connectivity index (χ3n) is 7.77. The number of alkyl halides is 3. The molecule has 0 saturated carbocycles. The van der Waals surface area contributed by atoms with Gasteiger partial charge < -0.3 is 20.3 Å². The third-order valence-corrected chi connectivity index (χ3v) is 8.96. The van der Waals surface area contributed by atoms with Crippen molar-refractivity contribution in [3.8, 4) is 5.75 Å². The number of methoxy groups -OCH3 is 1. The lowest BCUT2D eigenvalue weighted by Crippen LogP contribution is -2.31. The van der Waals surface area contributed by atoms with Crippen LogP contribution in [-0.2, 0) is 22.7 Å². The van der Waals surface area contributed by atoms with Gasteiger partial charge in [0.2, 0.25) is 16.0 Å². The van der Waals surface area contributed by atoms with E-state index in [-0.39, 0.29) is 53.3 Å². The number of likely N-dealkylation sites (tertiary alicyclic amines) is 1. The Bertz CT molecular complexity index is 1660. The fraction of sp³-hybridized carbons (Fsp3) is 0.433. The van der Waals surface area contributed by atoms with Crippen molar-refractivity contribution in [2.45, 2.75) is 38.9 Å². The van der Waals surface area contributed by atoms with Crippen LogP contribution in [0.1, 0.15) is 46.3 Å². The SMILES string of the molecule is COc1cc(C(=O)CC2CCN(C)CC2)c(F)cc1Nc1ncc(C(F)(F)F)c(NCc2ccc(C)cc2N(C)S(C)(=O)=O)n1. The van der Waals surface area contributed by atoms with Gasteiger partial charge in [0.15, 0.2) is 5.78 Å². The summed E-state index contributed by atoms with van der Waals surface area (Å²) >= 11 is 0. The van der Waals surface area contributed by atoms with Crippen LogP contribution in [0, 0.1) is 18.7 Å². The Morgan fingerprint density at radius 1 is 1.18 bits per heavy atom. The molecule has 244 valence electrons. The molecular formula is C30H36F4N6O4S. The molecule has 3 aromatic rings. The molecule has 1 saturated heterocycles. The molecule has 1 aliphatic heterocycles. The minimum absolute atomic E-state index is 0.00662. The molecule has 1 aliphatic rings. The highest BCUT2D eigenvalue weighted by Crippen LogP contribution is 2.36. The maximum Gasteiger partial charge on any atom is 0.421 e. The molecule has 1 aromatic heterocycles. The van der Waals surface area contributed by atoms with Gasteiger partial charge in [0.25, 0.3) is 0 Å². The second kappa shape index (κ2) is 13.6. The average molecular weight is 653 g/mol. The molecule has 2 heterocycles. The smallest absolute Gasteiger partial charge is 0.421 e. The van der Waals surface area contributed by atoms with E-state index in [1.54, 1.807) is 25.1 Å². The van der Waals surface area contributed by atoms with E-state index in [1.165, 1.54) is 20.2 Å². The molecule has 0 radical (unpaired) electrons. The van der Waals surface area contributed by atoms with Crippen LogP contribution in [0.15, 0.2) is 36.5 Å². The highest BCUT2D eigenvalue weighted by molar-refractivity contribution is 7.92. The van der Waals surface area contributed by atoms with Gasteiger partial charge in [-0.2, -0.15) is 18.2 Å². The number of anilines is 4. The number of Topliss-reactive ketones (excluding diaryl/α,β-unsaturated/α-hetero) is 1. The van der Waals surface area contributed by atoms with Gasteiger partial charge in [-0.15, -0.1) is 0 Å². The van der Waals surface area contributed by atoms with Crippen LogP contribution in [-0.4, -0.2) is 69.6 Å². The summed E-state index contributed by atoms with van der Waals surface area (Å²) in [5.41, 5.74) is 0.151. The van der Waals surface area contributed by atoms with E-state index in [9.17, 15) is 26.4 Å². The number of aryl methyl sites for hydroxylation is 1. The number of halogens is 4. The Hall–Kier alpha value is -3.98. The molecule has 0 amide bonds. The van der Waals surface area contributed by atoms with Crippen LogP contribution in [0.3, 0.4) is 0 Å². The molecule has 1 fully saturated rings. The fourth-order valence-electron chi connectivity index (χ4n) is 5.05.